The average Bonchev–Trinajstić information content (AvgIpc) is 3.25. The van der Waals surface area contributed by atoms with Crippen molar-refractivity contribution < 1.29 is 29.0 Å². The molecular formula is C20H27NO5. The number of carboxylic acids is 1. The van der Waals surface area contributed by atoms with Gasteiger partial charge in [-0.05, 0) is 18.4 Å². The Bertz CT molecular complexity index is 657. The predicted molar refractivity (Wildman–Crippen MR) is 92.6 cm³/mol. The van der Waals surface area contributed by atoms with E-state index in [0.29, 0.717) is 25.1 Å². The van der Waals surface area contributed by atoms with Gasteiger partial charge in [0.2, 0.25) is 0 Å². The van der Waals surface area contributed by atoms with Crippen molar-refractivity contribution in [3.8, 4) is 0 Å². The van der Waals surface area contributed by atoms with Crippen LogP contribution in [0.4, 0.5) is 0 Å². The summed E-state index contributed by atoms with van der Waals surface area (Å²) in [7, 11) is 1.82. The minimum absolute atomic E-state index is 0.0976. The Morgan fingerprint density at radius 3 is 2.50 bits per heavy atom. The van der Waals surface area contributed by atoms with Crippen molar-refractivity contribution in [2.24, 2.45) is 5.92 Å². The number of likely N-dealkylation sites (N-methyl/N-ethyl adjacent to an activating group) is 1. The lowest BCUT2D eigenvalue weighted by Gasteiger charge is -2.33. The average molecular weight is 361 g/mol. The maximum atomic E-state index is 13.0. The van der Waals surface area contributed by atoms with Gasteiger partial charge in [-0.3, -0.25) is 0 Å². The lowest BCUT2D eigenvalue weighted by Crippen LogP contribution is -2.51. The maximum absolute atomic E-state index is 13.0. The van der Waals surface area contributed by atoms with E-state index in [2.05, 4.69) is 0 Å². The summed E-state index contributed by atoms with van der Waals surface area (Å²) in [6, 6.07) is 9.01. The number of carbonyl (C=O) groups is 2. The van der Waals surface area contributed by atoms with Crippen LogP contribution in [-0.2, 0) is 19.9 Å². The fraction of sp³-hybridized carbons (Fsp3) is 0.600. The minimum atomic E-state index is -1.64. The van der Waals surface area contributed by atoms with E-state index in [0.717, 1.165) is 25.7 Å². The van der Waals surface area contributed by atoms with E-state index in [1.165, 1.54) is 0 Å². The molecule has 1 heterocycles. The van der Waals surface area contributed by atoms with Crippen LogP contribution in [0.3, 0.4) is 0 Å². The second kappa shape index (κ2) is 7.37. The standard InChI is InChI=1S/C20H27NO5/c1-21(14-18(22)23)12-11-17(13-21)26-19(24)20(25,16-9-5-6-10-16)15-7-3-2-4-8-15/h2-4,7-8,16-17,25H,5-6,9-14H2,1H3/t17-,20+,21-/m1/s1. The van der Waals surface area contributed by atoms with Crippen LogP contribution in [0.15, 0.2) is 30.3 Å². The molecular weight excluding hydrogens is 334 g/mol. The number of ether oxygens (including phenoxy) is 1. The first-order valence-corrected chi connectivity index (χ1v) is 9.36. The molecule has 1 saturated carbocycles. The molecule has 1 aromatic carbocycles. The van der Waals surface area contributed by atoms with Crippen molar-refractivity contribution in [2.45, 2.75) is 43.8 Å². The normalized spacial score (nSPS) is 28.6. The van der Waals surface area contributed by atoms with Crippen LogP contribution in [0.5, 0.6) is 0 Å². The second-order valence-corrected chi connectivity index (χ2v) is 7.99. The van der Waals surface area contributed by atoms with Crippen LogP contribution in [0.1, 0.15) is 37.7 Å². The predicted octanol–water partition coefficient (Wildman–Crippen LogP) is 0.576. The van der Waals surface area contributed by atoms with E-state index in [9.17, 15) is 19.8 Å². The summed E-state index contributed by atoms with van der Waals surface area (Å²) in [5, 5.41) is 22.3. The Morgan fingerprint density at radius 2 is 1.88 bits per heavy atom. The third kappa shape index (κ3) is 3.76. The fourth-order valence-electron chi connectivity index (χ4n) is 4.48. The smallest absolute Gasteiger partial charge is 0.343 e. The van der Waals surface area contributed by atoms with Crippen molar-refractivity contribution in [1.29, 1.82) is 0 Å². The highest BCUT2D eigenvalue weighted by Crippen LogP contribution is 2.42. The van der Waals surface area contributed by atoms with E-state index in [1.807, 2.05) is 25.2 Å². The van der Waals surface area contributed by atoms with Crippen LogP contribution < -0.4 is 5.11 Å². The van der Waals surface area contributed by atoms with Crippen LogP contribution in [0.25, 0.3) is 0 Å². The summed E-state index contributed by atoms with van der Waals surface area (Å²) in [6.07, 6.45) is 3.79. The summed E-state index contributed by atoms with van der Waals surface area (Å²) in [5.41, 5.74) is -1.07. The zero-order valence-electron chi connectivity index (χ0n) is 15.2. The Labute approximate surface area is 154 Å². The van der Waals surface area contributed by atoms with Gasteiger partial charge in [-0.15, -0.1) is 0 Å². The Balaban J connectivity index is 1.76. The van der Waals surface area contributed by atoms with E-state index >= 15 is 0 Å². The number of quaternary nitrogens is 1. The van der Waals surface area contributed by atoms with Crippen molar-refractivity contribution in [3.05, 3.63) is 35.9 Å². The molecule has 0 aromatic heterocycles. The Hall–Kier alpha value is -1.92. The molecule has 6 nitrogen and oxygen atoms in total. The number of hydrogen-bond acceptors (Lipinski definition) is 5. The second-order valence-electron chi connectivity index (χ2n) is 7.99. The minimum Gasteiger partial charge on any atom is -0.544 e. The maximum Gasteiger partial charge on any atom is 0.343 e. The molecule has 1 aromatic rings. The van der Waals surface area contributed by atoms with Gasteiger partial charge in [0.15, 0.2) is 11.7 Å². The number of rotatable bonds is 6. The molecule has 1 aliphatic heterocycles. The molecule has 3 rings (SSSR count). The van der Waals surface area contributed by atoms with Gasteiger partial charge in [0.25, 0.3) is 0 Å². The molecule has 0 radical (unpaired) electrons. The van der Waals surface area contributed by atoms with Gasteiger partial charge < -0.3 is 24.2 Å². The van der Waals surface area contributed by atoms with Crippen molar-refractivity contribution >= 4 is 11.9 Å². The number of nitrogens with zero attached hydrogens (tertiary/aromatic N) is 1. The van der Waals surface area contributed by atoms with Crippen LogP contribution >= 0.6 is 0 Å². The summed E-state index contributed by atoms with van der Waals surface area (Å²) >= 11 is 0. The molecule has 0 amide bonds. The van der Waals surface area contributed by atoms with Crippen LogP contribution in [0.2, 0.25) is 0 Å². The summed E-state index contributed by atoms with van der Waals surface area (Å²) in [4.78, 5) is 24.0. The number of hydrogen-bond donors (Lipinski definition) is 1. The third-order valence-corrected chi connectivity index (χ3v) is 5.89. The van der Waals surface area contributed by atoms with Gasteiger partial charge >= 0.3 is 5.97 Å². The molecule has 26 heavy (non-hydrogen) atoms. The highest BCUT2D eigenvalue weighted by atomic mass is 16.6. The van der Waals surface area contributed by atoms with Crippen LogP contribution in [-0.4, -0.2) is 54.3 Å². The quantitative estimate of drug-likeness (QED) is 0.592. The molecule has 0 unspecified atom stereocenters. The molecule has 1 aliphatic carbocycles. The highest BCUT2D eigenvalue weighted by molar-refractivity contribution is 5.81. The molecule has 142 valence electrons. The highest BCUT2D eigenvalue weighted by Gasteiger charge is 2.49. The molecule has 0 spiro atoms. The Morgan fingerprint density at radius 1 is 1.23 bits per heavy atom. The van der Waals surface area contributed by atoms with Gasteiger partial charge in [-0.1, -0.05) is 43.2 Å². The first kappa shape index (κ1) is 18.9. The van der Waals surface area contributed by atoms with Gasteiger partial charge in [0.1, 0.15) is 13.1 Å². The number of likely N-dealkylation sites (tertiary alicyclic amines) is 1. The van der Waals surface area contributed by atoms with Crippen molar-refractivity contribution in [2.75, 3.05) is 26.7 Å². The largest absolute Gasteiger partial charge is 0.544 e. The summed E-state index contributed by atoms with van der Waals surface area (Å²) in [5.74, 6) is -1.86. The number of benzene rings is 1. The van der Waals surface area contributed by atoms with Gasteiger partial charge in [0, 0.05) is 12.3 Å². The number of aliphatic hydroxyl groups is 1. The van der Waals surface area contributed by atoms with Gasteiger partial charge in [0.05, 0.1) is 19.6 Å². The van der Waals surface area contributed by atoms with E-state index in [4.69, 9.17) is 4.74 Å². The molecule has 6 heteroatoms. The SMILES string of the molecule is C[N@@+]1(CC(=O)[O-])CC[C@@H](OC(=O)[C@](O)(c2ccccc2)C2CCCC2)C1. The Kier molecular flexibility index (Phi) is 5.34. The number of esters is 1. The number of carboxylic acid groups (broad SMARTS) is 1. The fourth-order valence-corrected chi connectivity index (χ4v) is 4.48. The molecule has 0 bridgehead atoms. The molecule has 1 saturated heterocycles. The van der Waals surface area contributed by atoms with Crippen molar-refractivity contribution in [3.63, 3.8) is 0 Å². The van der Waals surface area contributed by atoms with E-state index < -0.39 is 17.5 Å². The molecule has 2 aliphatic rings. The number of aliphatic carboxylic acids is 1. The molecule has 1 N–H and O–H groups in total. The molecule has 2 fully saturated rings. The topological polar surface area (TPSA) is 86.7 Å². The summed E-state index contributed by atoms with van der Waals surface area (Å²) in [6.45, 7) is 0.938. The number of carbonyl (C=O) groups excluding carboxylic acids is 2. The lowest BCUT2D eigenvalue weighted by atomic mass is 9.80. The summed E-state index contributed by atoms with van der Waals surface area (Å²) < 4.78 is 5.99. The first-order valence-electron chi connectivity index (χ1n) is 9.36. The zero-order valence-corrected chi connectivity index (χ0v) is 15.2. The van der Waals surface area contributed by atoms with Crippen molar-refractivity contribution in [1.82, 2.24) is 0 Å². The van der Waals surface area contributed by atoms with Crippen LogP contribution in [0, 0.1) is 5.92 Å². The van der Waals surface area contributed by atoms with E-state index in [1.54, 1.807) is 12.1 Å². The zero-order chi connectivity index (χ0) is 18.8. The lowest BCUT2D eigenvalue weighted by molar-refractivity contribution is -0.893. The van der Waals surface area contributed by atoms with Gasteiger partial charge in [-0.25, -0.2) is 4.79 Å². The van der Waals surface area contributed by atoms with E-state index in [-0.39, 0.29) is 23.0 Å². The third-order valence-electron chi connectivity index (χ3n) is 5.89. The van der Waals surface area contributed by atoms with Gasteiger partial charge in [-0.2, -0.15) is 0 Å². The first-order chi connectivity index (χ1) is 12.3. The monoisotopic (exact) mass is 361 g/mol. The molecule has 3 atom stereocenters.